The molecule has 0 saturated heterocycles. The number of anilines is 2. The van der Waals surface area contributed by atoms with Crippen molar-refractivity contribution in [2.24, 2.45) is 0 Å². The van der Waals surface area contributed by atoms with Crippen molar-refractivity contribution in [1.82, 2.24) is 4.98 Å². The predicted octanol–water partition coefficient (Wildman–Crippen LogP) is 2.66. The molecule has 1 heterocycles. The Morgan fingerprint density at radius 2 is 2.17 bits per heavy atom. The second-order valence-corrected chi connectivity index (χ2v) is 4.19. The number of nitrogens with zero attached hydrogens (tertiary/aromatic N) is 3. The van der Waals surface area contributed by atoms with Crippen molar-refractivity contribution in [2.75, 3.05) is 23.8 Å². The minimum atomic E-state index is -0.392. The van der Waals surface area contributed by atoms with Gasteiger partial charge in [-0.1, -0.05) is 6.92 Å². The van der Waals surface area contributed by atoms with Crippen LogP contribution in [0.25, 0.3) is 0 Å². The van der Waals surface area contributed by atoms with E-state index in [9.17, 15) is 10.1 Å². The zero-order valence-corrected chi connectivity index (χ0v) is 11.3. The van der Waals surface area contributed by atoms with Crippen molar-refractivity contribution in [2.45, 2.75) is 33.2 Å². The molecule has 0 radical (unpaired) electrons. The number of rotatable bonds is 6. The molecule has 1 rings (SSSR count). The van der Waals surface area contributed by atoms with Gasteiger partial charge in [0.05, 0.1) is 4.92 Å². The van der Waals surface area contributed by atoms with E-state index in [1.54, 1.807) is 6.07 Å². The maximum atomic E-state index is 11.0. The van der Waals surface area contributed by atoms with E-state index in [0.29, 0.717) is 11.6 Å². The number of hydrogen-bond acceptors (Lipinski definition) is 5. The van der Waals surface area contributed by atoms with Crippen LogP contribution in [-0.4, -0.2) is 29.5 Å². The van der Waals surface area contributed by atoms with Gasteiger partial charge in [0.1, 0.15) is 5.82 Å². The zero-order chi connectivity index (χ0) is 13.7. The lowest BCUT2D eigenvalue weighted by Gasteiger charge is -2.24. The highest BCUT2D eigenvalue weighted by Crippen LogP contribution is 2.28. The normalized spacial score (nSPS) is 12.0. The lowest BCUT2D eigenvalue weighted by atomic mass is 10.2. The summed E-state index contributed by atoms with van der Waals surface area (Å²) in [5.41, 5.74) is 0.0412. The summed E-state index contributed by atoms with van der Waals surface area (Å²) in [4.78, 5) is 16.8. The van der Waals surface area contributed by atoms with Gasteiger partial charge in [-0.3, -0.25) is 10.1 Å². The Labute approximate surface area is 107 Å². The minimum Gasteiger partial charge on any atom is -0.370 e. The summed E-state index contributed by atoms with van der Waals surface area (Å²) in [5, 5.41) is 14.1. The highest BCUT2D eigenvalue weighted by atomic mass is 16.6. The van der Waals surface area contributed by atoms with Crippen LogP contribution in [0.2, 0.25) is 0 Å². The van der Waals surface area contributed by atoms with Gasteiger partial charge < -0.3 is 10.2 Å². The summed E-state index contributed by atoms with van der Waals surface area (Å²) in [6.45, 7) is 6.75. The largest absolute Gasteiger partial charge is 0.370 e. The Balaban J connectivity index is 3.18. The predicted molar refractivity (Wildman–Crippen MR) is 73.2 cm³/mol. The third-order valence-corrected chi connectivity index (χ3v) is 3.00. The SMILES string of the molecule is CCNc1ccc([N+](=O)[O-])c(N(C)C(C)CC)n1. The average Bonchev–Trinajstić information content (AvgIpc) is 2.37. The highest BCUT2D eigenvalue weighted by molar-refractivity contribution is 5.61. The molecule has 0 aliphatic heterocycles. The van der Waals surface area contributed by atoms with Crippen LogP contribution in [0.1, 0.15) is 27.2 Å². The Bertz CT molecular complexity index is 423. The molecule has 0 aromatic carbocycles. The van der Waals surface area contributed by atoms with Crippen molar-refractivity contribution in [3.63, 3.8) is 0 Å². The van der Waals surface area contributed by atoms with E-state index in [1.165, 1.54) is 6.07 Å². The van der Waals surface area contributed by atoms with Crippen LogP contribution in [0.5, 0.6) is 0 Å². The monoisotopic (exact) mass is 252 g/mol. The number of nitrogens with one attached hydrogen (secondary N) is 1. The molecule has 1 aromatic rings. The van der Waals surface area contributed by atoms with Gasteiger partial charge in [0, 0.05) is 25.7 Å². The number of hydrogen-bond donors (Lipinski definition) is 1. The van der Waals surface area contributed by atoms with E-state index in [-0.39, 0.29) is 11.7 Å². The van der Waals surface area contributed by atoms with Crippen LogP contribution < -0.4 is 10.2 Å². The highest BCUT2D eigenvalue weighted by Gasteiger charge is 2.21. The molecule has 0 aliphatic rings. The Morgan fingerprint density at radius 1 is 1.50 bits per heavy atom. The molecule has 6 nitrogen and oxygen atoms in total. The minimum absolute atomic E-state index is 0.0412. The topological polar surface area (TPSA) is 71.3 Å². The van der Waals surface area contributed by atoms with Gasteiger partial charge >= 0.3 is 5.69 Å². The van der Waals surface area contributed by atoms with Crippen LogP contribution in [0.3, 0.4) is 0 Å². The Kier molecular flexibility index (Phi) is 4.88. The van der Waals surface area contributed by atoms with Crippen LogP contribution in [0.15, 0.2) is 12.1 Å². The zero-order valence-electron chi connectivity index (χ0n) is 11.3. The molecule has 1 aromatic heterocycles. The third kappa shape index (κ3) is 3.09. The number of aromatic nitrogens is 1. The second kappa shape index (κ2) is 6.18. The summed E-state index contributed by atoms with van der Waals surface area (Å²) in [6.07, 6.45) is 0.904. The molecule has 0 amide bonds. The van der Waals surface area contributed by atoms with E-state index in [1.807, 2.05) is 32.7 Å². The van der Waals surface area contributed by atoms with Crippen molar-refractivity contribution in [3.05, 3.63) is 22.2 Å². The van der Waals surface area contributed by atoms with Gasteiger partial charge in [0.15, 0.2) is 0 Å². The molecule has 1 atom stereocenters. The summed E-state index contributed by atoms with van der Waals surface area (Å²) in [5.74, 6) is 1.07. The standard InChI is InChI=1S/C12H20N4O2/c1-5-9(3)15(4)12-10(16(17)18)7-8-11(14-12)13-6-2/h7-9H,5-6H2,1-4H3,(H,13,14). The van der Waals surface area contributed by atoms with E-state index >= 15 is 0 Å². The van der Waals surface area contributed by atoms with Crippen molar-refractivity contribution >= 4 is 17.3 Å². The van der Waals surface area contributed by atoms with Crippen LogP contribution >= 0.6 is 0 Å². The molecule has 0 fully saturated rings. The van der Waals surface area contributed by atoms with Crippen LogP contribution in [0, 0.1) is 10.1 Å². The summed E-state index contributed by atoms with van der Waals surface area (Å²) in [6, 6.07) is 3.34. The van der Waals surface area contributed by atoms with Crippen LogP contribution in [-0.2, 0) is 0 Å². The van der Waals surface area contributed by atoms with Gasteiger partial charge in [-0.25, -0.2) is 4.98 Å². The van der Waals surface area contributed by atoms with Crippen LogP contribution in [0.4, 0.5) is 17.3 Å². The van der Waals surface area contributed by atoms with Crippen molar-refractivity contribution < 1.29 is 4.92 Å². The van der Waals surface area contributed by atoms with Crippen molar-refractivity contribution in [1.29, 1.82) is 0 Å². The summed E-state index contributed by atoms with van der Waals surface area (Å²) in [7, 11) is 1.83. The smallest absolute Gasteiger partial charge is 0.311 e. The van der Waals surface area contributed by atoms with Gasteiger partial charge in [-0.05, 0) is 26.3 Å². The van der Waals surface area contributed by atoms with E-state index in [0.717, 1.165) is 13.0 Å². The Hall–Kier alpha value is -1.85. The van der Waals surface area contributed by atoms with Gasteiger partial charge in [0.25, 0.3) is 0 Å². The molecule has 0 aliphatic carbocycles. The lowest BCUT2D eigenvalue weighted by molar-refractivity contribution is -0.384. The molecular weight excluding hydrogens is 232 g/mol. The molecule has 100 valence electrons. The molecule has 1 N–H and O–H groups in total. The fourth-order valence-electron chi connectivity index (χ4n) is 1.61. The first-order chi connectivity index (χ1) is 8.51. The fraction of sp³-hybridized carbons (Fsp3) is 0.583. The Morgan fingerprint density at radius 3 is 2.67 bits per heavy atom. The molecule has 6 heteroatoms. The molecular formula is C12H20N4O2. The first-order valence-corrected chi connectivity index (χ1v) is 6.13. The lowest BCUT2D eigenvalue weighted by Crippen LogP contribution is -2.29. The summed E-state index contributed by atoms with van der Waals surface area (Å²) < 4.78 is 0. The van der Waals surface area contributed by atoms with Gasteiger partial charge in [-0.15, -0.1) is 0 Å². The molecule has 0 bridgehead atoms. The summed E-state index contributed by atoms with van der Waals surface area (Å²) >= 11 is 0. The third-order valence-electron chi connectivity index (χ3n) is 3.00. The molecule has 18 heavy (non-hydrogen) atoms. The fourth-order valence-corrected chi connectivity index (χ4v) is 1.61. The van der Waals surface area contributed by atoms with Gasteiger partial charge in [-0.2, -0.15) is 0 Å². The first-order valence-electron chi connectivity index (χ1n) is 6.13. The van der Waals surface area contributed by atoms with E-state index in [4.69, 9.17) is 0 Å². The maximum Gasteiger partial charge on any atom is 0.311 e. The van der Waals surface area contributed by atoms with E-state index in [2.05, 4.69) is 10.3 Å². The quantitative estimate of drug-likeness (QED) is 0.622. The maximum absolute atomic E-state index is 11.0. The van der Waals surface area contributed by atoms with E-state index < -0.39 is 4.92 Å². The number of pyridine rings is 1. The average molecular weight is 252 g/mol. The molecule has 0 spiro atoms. The van der Waals surface area contributed by atoms with Crippen molar-refractivity contribution in [3.8, 4) is 0 Å². The first kappa shape index (κ1) is 14.2. The number of nitro groups is 1. The second-order valence-electron chi connectivity index (χ2n) is 4.19. The molecule has 1 unspecified atom stereocenters. The van der Waals surface area contributed by atoms with Gasteiger partial charge in [0.2, 0.25) is 5.82 Å². The molecule has 0 saturated carbocycles.